The first-order valence-corrected chi connectivity index (χ1v) is 7.68. The second-order valence-electron chi connectivity index (χ2n) is 6.61. The summed E-state index contributed by atoms with van der Waals surface area (Å²) in [5.41, 5.74) is -0.713. The van der Waals surface area contributed by atoms with Gasteiger partial charge in [-0.15, -0.1) is 0 Å². The van der Waals surface area contributed by atoms with Crippen molar-refractivity contribution >= 4 is 11.9 Å². The summed E-state index contributed by atoms with van der Waals surface area (Å²) in [6.07, 6.45) is 5.76. The fourth-order valence-electron chi connectivity index (χ4n) is 2.27. The first kappa shape index (κ1) is 17.0. The molecule has 4 nitrogen and oxygen atoms in total. The Kier molecular flexibility index (Phi) is 6.03. The van der Waals surface area contributed by atoms with Crippen molar-refractivity contribution in [3.05, 3.63) is 0 Å². The Morgan fingerprint density at radius 3 is 2.35 bits per heavy atom. The lowest BCUT2D eigenvalue weighted by Crippen LogP contribution is -2.28. The minimum Gasteiger partial charge on any atom is -0.465 e. The molecule has 1 aliphatic rings. The predicted molar refractivity (Wildman–Crippen MR) is 77.2 cm³/mol. The van der Waals surface area contributed by atoms with Gasteiger partial charge >= 0.3 is 11.9 Å². The van der Waals surface area contributed by atoms with E-state index in [0.29, 0.717) is 12.8 Å². The van der Waals surface area contributed by atoms with Crippen molar-refractivity contribution in [1.29, 1.82) is 0 Å². The van der Waals surface area contributed by atoms with Gasteiger partial charge in [-0.3, -0.25) is 9.59 Å². The Morgan fingerprint density at radius 2 is 1.80 bits per heavy atom. The highest BCUT2D eigenvalue weighted by atomic mass is 16.6. The summed E-state index contributed by atoms with van der Waals surface area (Å²) in [5, 5.41) is 0. The highest BCUT2D eigenvalue weighted by molar-refractivity contribution is 5.75. The molecule has 0 heterocycles. The van der Waals surface area contributed by atoms with Crippen LogP contribution in [0.4, 0.5) is 0 Å². The zero-order valence-electron chi connectivity index (χ0n) is 13.3. The van der Waals surface area contributed by atoms with Crippen molar-refractivity contribution in [2.75, 3.05) is 6.61 Å². The third kappa shape index (κ3) is 5.14. The maximum absolute atomic E-state index is 11.7. The largest absolute Gasteiger partial charge is 0.465 e. The summed E-state index contributed by atoms with van der Waals surface area (Å²) in [7, 11) is 0. The average molecular weight is 284 g/mol. The molecule has 0 N–H and O–H groups in total. The molecular weight excluding hydrogens is 256 g/mol. The van der Waals surface area contributed by atoms with Crippen LogP contribution in [0, 0.1) is 5.41 Å². The van der Waals surface area contributed by atoms with Crippen LogP contribution in [0.15, 0.2) is 0 Å². The molecule has 20 heavy (non-hydrogen) atoms. The van der Waals surface area contributed by atoms with Crippen LogP contribution in [-0.2, 0) is 19.1 Å². The van der Waals surface area contributed by atoms with E-state index in [1.165, 1.54) is 0 Å². The van der Waals surface area contributed by atoms with Crippen LogP contribution in [-0.4, -0.2) is 24.1 Å². The Balaban J connectivity index is 2.18. The van der Waals surface area contributed by atoms with E-state index in [0.717, 1.165) is 32.1 Å². The average Bonchev–Trinajstić information content (AvgIpc) is 2.80. The summed E-state index contributed by atoms with van der Waals surface area (Å²) < 4.78 is 10.7. The van der Waals surface area contributed by atoms with Crippen LogP contribution in [0.2, 0.25) is 0 Å². The van der Waals surface area contributed by atoms with Gasteiger partial charge in [0.05, 0.1) is 12.0 Å². The molecule has 0 aliphatic heterocycles. The molecule has 0 aromatic rings. The molecule has 0 saturated heterocycles. The molecule has 1 aliphatic carbocycles. The highest BCUT2D eigenvalue weighted by Crippen LogP contribution is 2.32. The van der Waals surface area contributed by atoms with Crippen LogP contribution in [0.1, 0.15) is 72.6 Å². The Morgan fingerprint density at radius 1 is 1.20 bits per heavy atom. The van der Waals surface area contributed by atoms with Crippen molar-refractivity contribution in [3.63, 3.8) is 0 Å². The molecule has 1 fully saturated rings. The minimum absolute atomic E-state index is 0.180. The van der Waals surface area contributed by atoms with Crippen molar-refractivity contribution in [2.45, 2.75) is 78.2 Å². The Bertz CT molecular complexity index is 340. The van der Waals surface area contributed by atoms with Crippen molar-refractivity contribution in [3.8, 4) is 0 Å². The second kappa shape index (κ2) is 7.09. The molecule has 1 saturated carbocycles. The molecule has 0 aromatic heterocycles. The number of carbonyl (C=O) groups excluding carboxylic acids is 2. The van der Waals surface area contributed by atoms with Crippen molar-refractivity contribution in [2.24, 2.45) is 5.41 Å². The van der Waals surface area contributed by atoms with Crippen molar-refractivity contribution < 1.29 is 19.1 Å². The summed E-state index contributed by atoms with van der Waals surface area (Å²) in [6, 6.07) is 0. The van der Waals surface area contributed by atoms with E-state index in [-0.39, 0.29) is 24.1 Å². The molecule has 0 unspecified atom stereocenters. The summed E-state index contributed by atoms with van der Waals surface area (Å²) >= 11 is 0. The molecule has 0 spiro atoms. The van der Waals surface area contributed by atoms with Gasteiger partial charge in [-0.25, -0.2) is 0 Å². The third-order valence-corrected chi connectivity index (χ3v) is 4.22. The van der Waals surface area contributed by atoms with Crippen LogP contribution < -0.4 is 0 Å². The summed E-state index contributed by atoms with van der Waals surface area (Å²) in [4.78, 5) is 23.5. The molecule has 0 atom stereocenters. The Labute approximate surface area is 122 Å². The van der Waals surface area contributed by atoms with Gasteiger partial charge in [0, 0.05) is 6.42 Å². The number of rotatable bonds is 7. The van der Waals surface area contributed by atoms with E-state index in [1.807, 2.05) is 27.7 Å². The molecule has 4 heteroatoms. The van der Waals surface area contributed by atoms with E-state index in [2.05, 4.69) is 0 Å². The smallest absolute Gasteiger partial charge is 0.311 e. The fourth-order valence-corrected chi connectivity index (χ4v) is 2.27. The van der Waals surface area contributed by atoms with Gasteiger partial charge in [-0.05, 0) is 59.3 Å². The maximum Gasteiger partial charge on any atom is 0.311 e. The monoisotopic (exact) mass is 284 g/mol. The predicted octanol–water partition coefficient (Wildman–Crippen LogP) is 3.62. The second-order valence-corrected chi connectivity index (χ2v) is 6.61. The molecule has 0 bridgehead atoms. The highest BCUT2D eigenvalue weighted by Gasteiger charge is 2.32. The lowest BCUT2D eigenvalue weighted by molar-refractivity contribution is -0.160. The number of ether oxygens (including phenoxy) is 2. The summed E-state index contributed by atoms with van der Waals surface area (Å²) in [5.74, 6) is -0.378. The minimum atomic E-state index is -0.447. The maximum atomic E-state index is 11.7. The van der Waals surface area contributed by atoms with Gasteiger partial charge in [0.15, 0.2) is 0 Å². The van der Waals surface area contributed by atoms with E-state index < -0.39 is 5.41 Å². The lowest BCUT2D eigenvalue weighted by atomic mass is 9.91. The zero-order chi connectivity index (χ0) is 15.2. The number of hydrogen-bond donors (Lipinski definition) is 0. The third-order valence-electron chi connectivity index (χ3n) is 4.22. The first-order valence-electron chi connectivity index (χ1n) is 7.68. The van der Waals surface area contributed by atoms with Gasteiger partial charge in [0.25, 0.3) is 0 Å². The van der Waals surface area contributed by atoms with Crippen LogP contribution in [0.25, 0.3) is 0 Å². The number of hydrogen-bond acceptors (Lipinski definition) is 4. The number of esters is 2. The van der Waals surface area contributed by atoms with Crippen LogP contribution >= 0.6 is 0 Å². The SMILES string of the molecule is CCC(C)(C)C(=O)OCCCC(=O)OC1(C)CCCC1. The molecule has 1 rings (SSSR count). The topological polar surface area (TPSA) is 52.6 Å². The quantitative estimate of drug-likeness (QED) is 0.529. The lowest BCUT2D eigenvalue weighted by Gasteiger charge is -2.24. The fraction of sp³-hybridized carbons (Fsp3) is 0.875. The molecule has 116 valence electrons. The van der Waals surface area contributed by atoms with Gasteiger partial charge in [-0.2, -0.15) is 0 Å². The van der Waals surface area contributed by atoms with Gasteiger partial charge in [0.2, 0.25) is 0 Å². The van der Waals surface area contributed by atoms with E-state index >= 15 is 0 Å². The zero-order valence-corrected chi connectivity index (χ0v) is 13.3. The van der Waals surface area contributed by atoms with Crippen LogP contribution in [0.3, 0.4) is 0 Å². The first-order chi connectivity index (χ1) is 9.29. The van der Waals surface area contributed by atoms with E-state index in [9.17, 15) is 9.59 Å². The van der Waals surface area contributed by atoms with Gasteiger partial charge in [0.1, 0.15) is 5.60 Å². The van der Waals surface area contributed by atoms with Gasteiger partial charge < -0.3 is 9.47 Å². The van der Waals surface area contributed by atoms with Gasteiger partial charge in [-0.1, -0.05) is 6.92 Å². The van der Waals surface area contributed by atoms with Crippen molar-refractivity contribution in [1.82, 2.24) is 0 Å². The molecular formula is C16H28O4. The Hall–Kier alpha value is -1.06. The molecule has 0 amide bonds. The molecule has 0 aromatic carbocycles. The van der Waals surface area contributed by atoms with E-state index in [1.54, 1.807) is 0 Å². The summed E-state index contributed by atoms with van der Waals surface area (Å²) in [6.45, 7) is 7.98. The molecule has 0 radical (unpaired) electrons. The van der Waals surface area contributed by atoms with E-state index in [4.69, 9.17) is 9.47 Å². The normalized spacial score (nSPS) is 17.8. The number of carbonyl (C=O) groups is 2. The standard InChI is InChI=1S/C16H28O4/c1-5-15(2,3)14(18)19-12-8-9-13(17)20-16(4)10-6-7-11-16/h5-12H2,1-4H3. The van der Waals surface area contributed by atoms with Crippen LogP contribution in [0.5, 0.6) is 0 Å².